The Morgan fingerprint density at radius 1 is 1.28 bits per heavy atom. The van der Waals surface area contributed by atoms with Gasteiger partial charge in [0.05, 0.1) is 25.3 Å². The summed E-state index contributed by atoms with van der Waals surface area (Å²) in [6, 6.07) is 10.4. The molecule has 0 fully saturated rings. The predicted molar refractivity (Wildman–Crippen MR) is 112 cm³/mol. The topological polar surface area (TPSA) is 89.8 Å². The lowest BCUT2D eigenvalue weighted by atomic mass is 9.74. The number of ether oxygens (including phenoxy) is 1. The Morgan fingerprint density at radius 2 is 2.09 bits per heavy atom. The van der Waals surface area contributed by atoms with Crippen molar-refractivity contribution >= 4 is 5.95 Å². The van der Waals surface area contributed by atoms with E-state index in [0.29, 0.717) is 37.3 Å². The number of rotatable bonds is 6. The summed E-state index contributed by atoms with van der Waals surface area (Å²) in [5.74, 6) is 1.05. The van der Waals surface area contributed by atoms with E-state index < -0.39 is 17.3 Å². The number of anilines is 1. The van der Waals surface area contributed by atoms with E-state index in [2.05, 4.69) is 16.0 Å². The first-order valence-electron chi connectivity index (χ1n) is 10.2. The van der Waals surface area contributed by atoms with Gasteiger partial charge in [-0.15, -0.1) is 0 Å². The van der Waals surface area contributed by atoms with Crippen molar-refractivity contribution in [1.82, 2.24) is 14.5 Å². The predicted octanol–water partition coefficient (Wildman–Crippen LogP) is 4.28. The van der Waals surface area contributed by atoms with Gasteiger partial charge in [0.15, 0.2) is 5.95 Å². The summed E-state index contributed by atoms with van der Waals surface area (Å²) in [6.45, 7) is 0.419. The lowest BCUT2D eigenvalue weighted by Gasteiger charge is -2.29. The van der Waals surface area contributed by atoms with Crippen LogP contribution in [0.3, 0.4) is 0 Å². The van der Waals surface area contributed by atoms with Gasteiger partial charge in [0.25, 0.3) is 0 Å². The molecular formula is C23H22F3N5O. The lowest BCUT2D eigenvalue weighted by molar-refractivity contribution is -0.141. The molecule has 0 radical (unpaired) electrons. The molecule has 32 heavy (non-hydrogen) atoms. The first kappa shape index (κ1) is 21.7. The van der Waals surface area contributed by atoms with Gasteiger partial charge in [-0.25, -0.2) is 4.98 Å². The van der Waals surface area contributed by atoms with E-state index >= 15 is 0 Å². The second-order valence-corrected chi connectivity index (χ2v) is 7.92. The minimum Gasteiger partial charge on any atom is -0.497 e. The second kappa shape index (κ2) is 8.19. The van der Waals surface area contributed by atoms with Crippen molar-refractivity contribution in [3.05, 3.63) is 70.8 Å². The van der Waals surface area contributed by atoms with Gasteiger partial charge in [-0.05, 0) is 54.2 Å². The number of nitrogens with two attached hydrogens (primary N) is 1. The first-order chi connectivity index (χ1) is 15.3. The summed E-state index contributed by atoms with van der Waals surface area (Å²) in [7, 11) is 1.61. The molecule has 0 amide bonds. The van der Waals surface area contributed by atoms with Gasteiger partial charge in [-0.2, -0.15) is 18.4 Å². The van der Waals surface area contributed by atoms with Crippen LogP contribution in [0, 0.1) is 11.3 Å². The SMILES string of the molecule is COc1ccc2c(c1)CCC2(Cc1ccc(C(F)(F)F)nc1)c1cn(CCC#N)c(N)n1. The number of imidazole rings is 1. The maximum Gasteiger partial charge on any atom is 0.433 e. The number of hydrogen-bond acceptors (Lipinski definition) is 5. The van der Waals surface area contributed by atoms with Crippen molar-refractivity contribution < 1.29 is 17.9 Å². The van der Waals surface area contributed by atoms with Gasteiger partial charge in [-0.3, -0.25) is 4.98 Å². The van der Waals surface area contributed by atoms with Crippen LogP contribution >= 0.6 is 0 Å². The van der Waals surface area contributed by atoms with Crippen molar-refractivity contribution in [2.75, 3.05) is 12.8 Å². The van der Waals surface area contributed by atoms with Gasteiger partial charge >= 0.3 is 6.18 Å². The molecule has 2 aromatic heterocycles. The third kappa shape index (κ3) is 3.88. The largest absolute Gasteiger partial charge is 0.497 e. The van der Waals surface area contributed by atoms with Crippen LogP contribution in [0.15, 0.2) is 42.7 Å². The molecule has 1 atom stereocenters. The van der Waals surface area contributed by atoms with Crippen LogP contribution in [0.1, 0.15) is 40.9 Å². The van der Waals surface area contributed by atoms with Crippen LogP contribution in [-0.2, 0) is 31.0 Å². The number of alkyl halides is 3. The number of pyridine rings is 1. The van der Waals surface area contributed by atoms with Crippen LogP contribution in [0.4, 0.5) is 19.1 Å². The van der Waals surface area contributed by atoms with Crippen LogP contribution in [0.25, 0.3) is 0 Å². The van der Waals surface area contributed by atoms with Gasteiger partial charge in [0.2, 0.25) is 0 Å². The minimum atomic E-state index is -4.49. The van der Waals surface area contributed by atoms with E-state index in [0.717, 1.165) is 35.1 Å². The summed E-state index contributed by atoms with van der Waals surface area (Å²) in [4.78, 5) is 8.24. The highest BCUT2D eigenvalue weighted by molar-refractivity contribution is 5.51. The van der Waals surface area contributed by atoms with Crippen molar-refractivity contribution in [3.8, 4) is 11.8 Å². The van der Waals surface area contributed by atoms with E-state index in [4.69, 9.17) is 15.7 Å². The summed E-state index contributed by atoms with van der Waals surface area (Å²) < 4.78 is 46.0. The number of hydrogen-bond donors (Lipinski definition) is 1. The van der Waals surface area contributed by atoms with Gasteiger partial charge in [0, 0.05) is 24.4 Å². The molecule has 0 aliphatic heterocycles. The summed E-state index contributed by atoms with van der Waals surface area (Å²) in [6.07, 6.45) is 0.846. The monoisotopic (exact) mass is 441 g/mol. The minimum absolute atomic E-state index is 0.295. The van der Waals surface area contributed by atoms with Gasteiger partial charge in [-0.1, -0.05) is 12.1 Å². The Morgan fingerprint density at radius 3 is 2.75 bits per heavy atom. The summed E-state index contributed by atoms with van der Waals surface area (Å²) >= 11 is 0. The molecule has 2 N–H and O–H groups in total. The molecule has 0 spiro atoms. The number of halogens is 3. The van der Waals surface area contributed by atoms with E-state index in [1.54, 1.807) is 11.7 Å². The van der Waals surface area contributed by atoms with Crippen molar-refractivity contribution in [1.29, 1.82) is 5.26 Å². The van der Waals surface area contributed by atoms with Crippen molar-refractivity contribution in [2.45, 2.75) is 43.8 Å². The molecule has 9 heteroatoms. The Hall–Kier alpha value is -3.54. The number of nitrogens with zero attached hydrogens (tertiary/aromatic N) is 4. The van der Waals surface area contributed by atoms with Crippen LogP contribution in [-0.4, -0.2) is 21.6 Å². The van der Waals surface area contributed by atoms with Crippen LogP contribution < -0.4 is 10.5 Å². The number of nitriles is 1. The molecule has 0 bridgehead atoms. The third-order valence-corrected chi connectivity index (χ3v) is 6.03. The second-order valence-electron chi connectivity index (χ2n) is 7.92. The number of nitrogen functional groups attached to an aromatic ring is 1. The zero-order valence-electron chi connectivity index (χ0n) is 17.5. The fourth-order valence-electron chi connectivity index (χ4n) is 4.45. The molecule has 2 heterocycles. The third-order valence-electron chi connectivity index (χ3n) is 6.03. The maximum atomic E-state index is 13.0. The fourth-order valence-corrected chi connectivity index (χ4v) is 4.45. The zero-order valence-corrected chi connectivity index (χ0v) is 17.5. The molecule has 1 aromatic carbocycles. The van der Waals surface area contributed by atoms with E-state index in [1.165, 1.54) is 12.3 Å². The van der Waals surface area contributed by atoms with Crippen molar-refractivity contribution in [2.24, 2.45) is 0 Å². The molecule has 3 aromatic rings. The average Bonchev–Trinajstić information content (AvgIpc) is 3.33. The molecule has 6 nitrogen and oxygen atoms in total. The highest BCUT2D eigenvalue weighted by Crippen LogP contribution is 2.47. The smallest absolute Gasteiger partial charge is 0.433 e. The number of aryl methyl sites for hydroxylation is 2. The summed E-state index contributed by atoms with van der Waals surface area (Å²) in [5.41, 5.74) is 8.18. The Bertz CT molecular complexity index is 1160. The van der Waals surface area contributed by atoms with E-state index in [1.807, 2.05) is 24.4 Å². The van der Waals surface area contributed by atoms with Crippen molar-refractivity contribution in [3.63, 3.8) is 0 Å². The maximum absolute atomic E-state index is 13.0. The Balaban J connectivity index is 1.78. The van der Waals surface area contributed by atoms with E-state index in [-0.39, 0.29) is 0 Å². The molecule has 166 valence electrons. The molecule has 0 saturated heterocycles. The number of benzene rings is 1. The van der Waals surface area contributed by atoms with E-state index in [9.17, 15) is 13.2 Å². The fraction of sp³-hybridized carbons (Fsp3) is 0.348. The molecule has 4 rings (SSSR count). The molecule has 1 aliphatic carbocycles. The van der Waals surface area contributed by atoms with Crippen LogP contribution in [0.5, 0.6) is 5.75 Å². The lowest BCUT2D eigenvalue weighted by Crippen LogP contribution is -2.28. The Labute approximate surface area is 183 Å². The standard InChI is InChI=1S/C23H22F3N5O/c1-32-17-4-5-18-16(11-17)7-8-22(18,20-14-31(10-2-9-27)21(28)30-20)12-15-3-6-19(29-13-15)23(24,25)26/h3-6,11,13-14H,2,7-8,10,12H2,1H3,(H2,28,30). The van der Waals surface area contributed by atoms with Crippen LogP contribution in [0.2, 0.25) is 0 Å². The highest BCUT2D eigenvalue weighted by Gasteiger charge is 2.43. The molecular weight excluding hydrogens is 419 g/mol. The number of methoxy groups -OCH3 is 1. The zero-order chi connectivity index (χ0) is 22.9. The Kier molecular flexibility index (Phi) is 5.55. The number of aromatic nitrogens is 3. The van der Waals surface area contributed by atoms with Gasteiger partial charge in [0.1, 0.15) is 11.4 Å². The molecule has 1 unspecified atom stereocenters. The highest BCUT2D eigenvalue weighted by atomic mass is 19.4. The number of fused-ring (bicyclic) bond motifs is 1. The van der Waals surface area contributed by atoms with Gasteiger partial charge < -0.3 is 15.0 Å². The quantitative estimate of drug-likeness (QED) is 0.617. The average molecular weight is 441 g/mol. The molecule has 1 aliphatic rings. The molecule has 0 saturated carbocycles. The first-order valence-corrected chi connectivity index (χ1v) is 10.2. The summed E-state index contributed by atoms with van der Waals surface area (Å²) in [5, 5.41) is 8.92. The normalized spacial score (nSPS) is 17.7.